The number of hydrogen-bond donors (Lipinski definition) is 1. The number of fused-ring (bicyclic) bond motifs is 1. The number of rotatable bonds is 5. The molecule has 0 saturated heterocycles. The van der Waals surface area contributed by atoms with Gasteiger partial charge in [0.1, 0.15) is 11.5 Å². The van der Waals surface area contributed by atoms with Crippen molar-refractivity contribution in [3.05, 3.63) is 59.9 Å². The molecule has 6 nitrogen and oxygen atoms in total. The van der Waals surface area contributed by atoms with Crippen molar-refractivity contribution in [2.24, 2.45) is 0 Å². The van der Waals surface area contributed by atoms with Gasteiger partial charge < -0.3 is 14.8 Å². The van der Waals surface area contributed by atoms with Gasteiger partial charge in [0.25, 0.3) is 5.91 Å². The van der Waals surface area contributed by atoms with E-state index in [1.807, 2.05) is 18.2 Å². The third-order valence-electron chi connectivity index (χ3n) is 3.60. The van der Waals surface area contributed by atoms with Crippen molar-refractivity contribution in [3.8, 4) is 11.5 Å². The Hall–Kier alpha value is -3.15. The first kappa shape index (κ1) is 15.7. The molecule has 0 atom stereocenters. The maximum absolute atomic E-state index is 12.4. The van der Waals surface area contributed by atoms with Crippen molar-refractivity contribution >= 4 is 16.9 Å². The van der Waals surface area contributed by atoms with Gasteiger partial charge in [-0.3, -0.25) is 14.8 Å². The maximum Gasteiger partial charge on any atom is 0.251 e. The minimum absolute atomic E-state index is 0.202. The highest BCUT2D eigenvalue weighted by molar-refractivity contribution is 5.95. The number of nitrogens with one attached hydrogen (secondary N) is 1. The Morgan fingerprint density at radius 3 is 2.29 bits per heavy atom. The summed E-state index contributed by atoms with van der Waals surface area (Å²) in [7, 11) is 3.10. The van der Waals surface area contributed by atoms with Gasteiger partial charge in [-0.25, -0.2) is 0 Å². The lowest BCUT2D eigenvalue weighted by atomic mass is 10.1. The molecule has 1 aromatic heterocycles. The third-order valence-corrected chi connectivity index (χ3v) is 3.60. The van der Waals surface area contributed by atoms with Crippen LogP contribution in [0.15, 0.2) is 48.8 Å². The molecule has 1 heterocycles. The molecular weight excluding hydrogens is 306 g/mol. The molecule has 1 N–H and O–H groups in total. The molecule has 0 aliphatic rings. The minimum Gasteiger partial charge on any atom is -0.497 e. The quantitative estimate of drug-likeness (QED) is 0.781. The fourth-order valence-corrected chi connectivity index (χ4v) is 2.34. The predicted octanol–water partition coefficient (Wildman–Crippen LogP) is 2.58. The minimum atomic E-state index is -0.202. The summed E-state index contributed by atoms with van der Waals surface area (Å²) in [6, 6.07) is 10.8. The van der Waals surface area contributed by atoms with Gasteiger partial charge in [0.15, 0.2) is 0 Å². The van der Waals surface area contributed by atoms with E-state index in [9.17, 15) is 4.79 Å². The van der Waals surface area contributed by atoms with Gasteiger partial charge in [-0.1, -0.05) is 6.07 Å². The number of methoxy groups -OCH3 is 2. The fourth-order valence-electron chi connectivity index (χ4n) is 2.34. The molecule has 122 valence electrons. The summed E-state index contributed by atoms with van der Waals surface area (Å²) in [5, 5.41) is 2.88. The second-order valence-electron chi connectivity index (χ2n) is 5.16. The van der Waals surface area contributed by atoms with E-state index in [2.05, 4.69) is 15.3 Å². The lowest BCUT2D eigenvalue weighted by molar-refractivity contribution is 0.0950. The van der Waals surface area contributed by atoms with E-state index in [1.54, 1.807) is 44.8 Å². The summed E-state index contributed by atoms with van der Waals surface area (Å²) >= 11 is 0. The second-order valence-corrected chi connectivity index (χ2v) is 5.16. The zero-order chi connectivity index (χ0) is 16.9. The highest BCUT2D eigenvalue weighted by Gasteiger charge is 2.10. The van der Waals surface area contributed by atoms with Crippen LogP contribution in [0.3, 0.4) is 0 Å². The molecule has 0 spiro atoms. The van der Waals surface area contributed by atoms with Crippen LogP contribution in [0.1, 0.15) is 15.9 Å². The van der Waals surface area contributed by atoms with E-state index in [-0.39, 0.29) is 5.91 Å². The zero-order valence-corrected chi connectivity index (χ0v) is 13.4. The normalized spacial score (nSPS) is 10.4. The number of carbonyl (C=O) groups excluding carboxylic acids is 1. The van der Waals surface area contributed by atoms with Gasteiger partial charge in [0, 0.05) is 30.6 Å². The highest BCUT2D eigenvalue weighted by Crippen LogP contribution is 2.22. The molecule has 0 aliphatic carbocycles. The summed E-state index contributed by atoms with van der Waals surface area (Å²) in [5.41, 5.74) is 3.05. The van der Waals surface area contributed by atoms with E-state index < -0.39 is 0 Å². The highest BCUT2D eigenvalue weighted by atomic mass is 16.5. The van der Waals surface area contributed by atoms with Crippen LogP contribution in [0.25, 0.3) is 11.0 Å². The van der Waals surface area contributed by atoms with E-state index in [0.717, 1.165) is 16.6 Å². The summed E-state index contributed by atoms with van der Waals surface area (Å²) in [6.07, 6.45) is 3.30. The number of hydrogen-bond acceptors (Lipinski definition) is 5. The first-order valence-electron chi connectivity index (χ1n) is 7.40. The van der Waals surface area contributed by atoms with Crippen LogP contribution in [-0.2, 0) is 6.54 Å². The molecule has 1 amide bonds. The Morgan fingerprint density at radius 1 is 0.958 bits per heavy atom. The van der Waals surface area contributed by atoms with Gasteiger partial charge in [-0.15, -0.1) is 0 Å². The fraction of sp³-hybridized carbons (Fsp3) is 0.167. The molecule has 0 bridgehead atoms. The van der Waals surface area contributed by atoms with Gasteiger partial charge in [0.2, 0.25) is 0 Å². The van der Waals surface area contributed by atoms with E-state index in [4.69, 9.17) is 9.47 Å². The summed E-state index contributed by atoms with van der Waals surface area (Å²) < 4.78 is 10.4. The second kappa shape index (κ2) is 6.95. The van der Waals surface area contributed by atoms with Crippen molar-refractivity contribution in [1.29, 1.82) is 0 Å². The standard InChI is InChI=1S/C18H17N3O3/c1-23-14-8-13(9-15(10-14)24-2)18(22)21-11-12-3-4-16-17(7-12)20-6-5-19-16/h3-10H,11H2,1-2H3,(H,21,22). The van der Waals surface area contributed by atoms with Crippen LogP contribution in [-0.4, -0.2) is 30.1 Å². The number of aromatic nitrogens is 2. The average molecular weight is 323 g/mol. The molecule has 0 fully saturated rings. The molecule has 2 aromatic carbocycles. The molecule has 0 unspecified atom stereocenters. The van der Waals surface area contributed by atoms with Crippen LogP contribution >= 0.6 is 0 Å². The lowest BCUT2D eigenvalue weighted by Crippen LogP contribution is -2.22. The Labute approximate surface area is 139 Å². The number of benzene rings is 2. The molecular formula is C18H17N3O3. The van der Waals surface area contributed by atoms with Crippen molar-refractivity contribution in [3.63, 3.8) is 0 Å². The summed E-state index contributed by atoms with van der Waals surface area (Å²) in [5.74, 6) is 0.937. The first-order chi connectivity index (χ1) is 11.7. The van der Waals surface area contributed by atoms with Crippen LogP contribution in [0.4, 0.5) is 0 Å². The van der Waals surface area contributed by atoms with Gasteiger partial charge >= 0.3 is 0 Å². The van der Waals surface area contributed by atoms with E-state index in [0.29, 0.717) is 23.6 Å². The van der Waals surface area contributed by atoms with Gasteiger partial charge in [-0.2, -0.15) is 0 Å². The average Bonchev–Trinajstić information content (AvgIpc) is 2.65. The Morgan fingerprint density at radius 2 is 1.62 bits per heavy atom. The summed E-state index contributed by atoms with van der Waals surface area (Å²) in [4.78, 5) is 20.9. The molecule has 0 saturated carbocycles. The Balaban J connectivity index is 1.74. The SMILES string of the molecule is COc1cc(OC)cc(C(=O)NCc2ccc3nccnc3c2)c1. The van der Waals surface area contributed by atoms with Crippen LogP contribution in [0.5, 0.6) is 11.5 Å². The molecule has 0 aliphatic heterocycles. The zero-order valence-electron chi connectivity index (χ0n) is 13.4. The largest absolute Gasteiger partial charge is 0.497 e. The Kier molecular flexibility index (Phi) is 4.56. The van der Waals surface area contributed by atoms with Crippen molar-refractivity contribution in [2.75, 3.05) is 14.2 Å². The molecule has 24 heavy (non-hydrogen) atoms. The third kappa shape index (κ3) is 3.43. The van der Waals surface area contributed by atoms with E-state index >= 15 is 0 Å². The molecule has 3 aromatic rings. The van der Waals surface area contributed by atoms with Crippen LogP contribution < -0.4 is 14.8 Å². The van der Waals surface area contributed by atoms with Gasteiger partial charge in [0.05, 0.1) is 25.3 Å². The predicted molar refractivity (Wildman–Crippen MR) is 90.3 cm³/mol. The maximum atomic E-state index is 12.4. The molecule has 3 rings (SSSR count). The van der Waals surface area contributed by atoms with Crippen molar-refractivity contribution < 1.29 is 14.3 Å². The number of nitrogens with zero attached hydrogens (tertiary/aromatic N) is 2. The number of ether oxygens (including phenoxy) is 2. The smallest absolute Gasteiger partial charge is 0.251 e. The molecule has 6 heteroatoms. The summed E-state index contributed by atoms with van der Waals surface area (Å²) in [6.45, 7) is 0.394. The van der Waals surface area contributed by atoms with Crippen LogP contribution in [0, 0.1) is 0 Å². The molecule has 0 radical (unpaired) electrons. The number of amides is 1. The van der Waals surface area contributed by atoms with Crippen molar-refractivity contribution in [1.82, 2.24) is 15.3 Å². The van der Waals surface area contributed by atoms with E-state index in [1.165, 1.54) is 0 Å². The van der Waals surface area contributed by atoms with Crippen LogP contribution in [0.2, 0.25) is 0 Å². The monoisotopic (exact) mass is 323 g/mol. The first-order valence-corrected chi connectivity index (χ1v) is 7.40. The lowest BCUT2D eigenvalue weighted by Gasteiger charge is -2.09. The topological polar surface area (TPSA) is 73.3 Å². The number of carbonyl (C=O) groups is 1. The van der Waals surface area contributed by atoms with Crippen molar-refractivity contribution in [2.45, 2.75) is 6.54 Å². The Bertz CT molecular complexity index is 858. The van der Waals surface area contributed by atoms with Gasteiger partial charge in [-0.05, 0) is 29.8 Å².